The van der Waals surface area contributed by atoms with E-state index in [-0.39, 0.29) is 0 Å². The van der Waals surface area contributed by atoms with E-state index in [2.05, 4.69) is 22.1 Å². The lowest BCUT2D eigenvalue weighted by Crippen LogP contribution is -2.35. The number of nitrogens with one attached hydrogen (secondary N) is 1. The monoisotopic (exact) mass is 239 g/mol. The maximum Gasteiger partial charge on any atom is 0.408 e. The van der Waals surface area contributed by atoms with Crippen LogP contribution < -0.4 is 5.32 Å². The first kappa shape index (κ1) is 13.2. The highest BCUT2D eigenvalue weighted by molar-refractivity contribution is 5.68. The van der Waals surface area contributed by atoms with E-state index < -0.39 is 17.7 Å². The Kier molecular flexibility index (Phi) is 4.25. The van der Waals surface area contributed by atoms with Gasteiger partial charge in [-0.05, 0) is 27.2 Å². The minimum atomic E-state index is -0.544. The predicted octanol–water partition coefficient (Wildman–Crippen LogP) is 2.21. The Labute approximate surface area is 100 Å². The van der Waals surface area contributed by atoms with Gasteiger partial charge in [0.05, 0.1) is 0 Å². The van der Waals surface area contributed by atoms with Crippen LogP contribution in [-0.4, -0.2) is 21.9 Å². The van der Waals surface area contributed by atoms with Crippen molar-refractivity contribution >= 4 is 6.09 Å². The number of alkyl carbamates (subject to hydrolysis) is 1. The van der Waals surface area contributed by atoms with Crippen LogP contribution in [0.1, 0.15) is 39.1 Å². The topological polar surface area (TPSA) is 77.2 Å². The molecule has 1 heterocycles. The largest absolute Gasteiger partial charge is 0.444 e. The zero-order valence-electron chi connectivity index (χ0n) is 10.3. The average molecular weight is 239 g/mol. The van der Waals surface area contributed by atoms with Crippen molar-refractivity contribution in [3.63, 3.8) is 0 Å². The summed E-state index contributed by atoms with van der Waals surface area (Å²) >= 11 is 0. The molecule has 1 atom stereocenters. The summed E-state index contributed by atoms with van der Waals surface area (Å²) in [5.74, 6) is 0.329. The van der Waals surface area contributed by atoms with Crippen molar-refractivity contribution in [2.75, 3.05) is 0 Å². The number of carbonyl (C=O) groups excluding carboxylic acids is 1. The highest BCUT2D eigenvalue weighted by Gasteiger charge is 2.22. The van der Waals surface area contributed by atoms with E-state index in [0.717, 1.165) is 0 Å². The van der Waals surface area contributed by atoms with Crippen molar-refractivity contribution in [3.8, 4) is 0 Å². The number of amides is 1. The molecule has 0 aliphatic rings. The van der Waals surface area contributed by atoms with E-state index in [9.17, 15) is 4.79 Å². The summed E-state index contributed by atoms with van der Waals surface area (Å²) in [6, 6.07) is -0.412. The number of aromatic nitrogens is 2. The smallest absolute Gasteiger partial charge is 0.408 e. The highest BCUT2D eigenvalue weighted by atomic mass is 16.6. The van der Waals surface area contributed by atoms with E-state index in [1.54, 1.807) is 26.8 Å². The molecule has 1 aromatic rings. The summed E-state index contributed by atoms with van der Waals surface area (Å²) < 4.78 is 10.2. The maximum absolute atomic E-state index is 11.6. The van der Waals surface area contributed by atoms with E-state index >= 15 is 0 Å². The van der Waals surface area contributed by atoms with Crippen LogP contribution in [0.2, 0.25) is 0 Å². The molecular weight excluding hydrogens is 222 g/mol. The van der Waals surface area contributed by atoms with Crippen molar-refractivity contribution < 1.29 is 13.9 Å². The Bertz CT molecular complexity index is 368. The van der Waals surface area contributed by atoms with Gasteiger partial charge in [0.2, 0.25) is 12.3 Å². The number of nitrogens with zero attached hydrogens (tertiary/aromatic N) is 2. The van der Waals surface area contributed by atoms with Gasteiger partial charge < -0.3 is 14.5 Å². The SMILES string of the molecule is C=CC[C@H](NC(=O)OC(C)(C)C)c1nnco1. The van der Waals surface area contributed by atoms with Gasteiger partial charge in [0, 0.05) is 0 Å². The van der Waals surface area contributed by atoms with Crippen LogP contribution in [0, 0.1) is 0 Å². The molecule has 0 aliphatic carbocycles. The molecule has 1 rings (SSSR count). The number of ether oxygens (including phenoxy) is 1. The lowest BCUT2D eigenvalue weighted by Gasteiger charge is -2.21. The van der Waals surface area contributed by atoms with E-state index in [4.69, 9.17) is 9.15 Å². The van der Waals surface area contributed by atoms with E-state index in [1.807, 2.05) is 0 Å². The average Bonchev–Trinajstić information content (AvgIpc) is 2.66. The van der Waals surface area contributed by atoms with Crippen molar-refractivity contribution in [2.24, 2.45) is 0 Å². The fraction of sp³-hybridized carbons (Fsp3) is 0.545. The molecule has 94 valence electrons. The lowest BCUT2D eigenvalue weighted by atomic mass is 10.2. The van der Waals surface area contributed by atoms with Crippen LogP contribution >= 0.6 is 0 Å². The summed E-state index contributed by atoms with van der Waals surface area (Å²) in [7, 11) is 0. The Hall–Kier alpha value is -1.85. The second kappa shape index (κ2) is 5.47. The number of carbonyl (C=O) groups is 1. The first-order chi connectivity index (χ1) is 7.92. The summed E-state index contributed by atoms with van der Waals surface area (Å²) in [6.07, 6.45) is 2.83. The second-order valence-corrected chi connectivity index (χ2v) is 4.50. The molecule has 17 heavy (non-hydrogen) atoms. The van der Waals surface area contributed by atoms with Gasteiger partial charge >= 0.3 is 6.09 Å². The van der Waals surface area contributed by atoms with Gasteiger partial charge in [0.25, 0.3) is 0 Å². The van der Waals surface area contributed by atoms with Crippen LogP contribution in [0.4, 0.5) is 4.79 Å². The standard InChI is InChI=1S/C11H17N3O3/c1-5-6-8(9-14-12-7-16-9)13-10(15)17-11(2,3)4/h5,7-8H,1,6H2,2-4H3,(H,13,15)/t8-/m0/s1. The summed E-state index contributed by atoms with van der Waals surface area (Å²) in [6.45, 7) is 8.99. The van der Waals surface area contributed by atoms with Crippen molar-refractivity contribution in [1.29, 1.82) is 0 Å². The van der Waals surface area contributed by atoms with Crippen molar-refractivity contribution in [3.05, 3.63) is 24.9 Å². The lowest BCUT2D eigenvalue weighted by molar-refractivity contribution is 0.0496. The third-order valence-electron chi connectivity index (χ3n) is 1.77. The molecule has 0 unspecified atom stereocenters. The van der Waals surface area contributed by atoms with Gasteiger partial charge in [0.1, 0.15) is 11.6 Å². The number of rotatable bonds is 4. The minimum Gasteiger partial charge on any atom is -0.444 e. The van der Waals surface area contributed by atoms with Gasteiger partial charge in [-0.1, -0.05) is 6.08 Å². The third-order valence-corrected chi connectivity index (χ3v) is 1.77. The molecule has 0 saturated carbocycles. The van der Waals surface area contributed by atoms with Gasteiger partial charge in [-0.2, -0.15) is 0 Å². The fourth-order valence-corrected chi connectivity index (χ4v) is 1.17. The van der Waals surface area contributed by atoms with Crippen LogP contribution in [0.25, 0.3) is 0 Å². The normalized spacial score (nSPS) is 12.9. The molecule has 1 amide bonds. The number of hydrogen-bond donors (Lipinski definition) is 1. The molecule has 1 aromatic heterocycles. The predicted molar refractivity (Wildman–Crippen MR) is 61.2 cm³/mol. The zero-order chi connectivity index (χ0) is 12.9. The van der Waals surface area contributed by atoms with Crippen molar-refractivity contribution in [1.82, 2.24) is 15.5 Å². The van der Waals surface area contributed by atoms with Crippen LogP contribution in [-0.2, 0) is 4.74 Å². The molecule has 0 spiro atoms. The molecule has 0 bridgehead atoms. The molecule has 6 nitrogen and oxygen atoms in total. The van der Waals surface area contributed by atoms with Crippen LogP contribution in [0.3, 0.4) is 0 Å². The zero-order valence-corrected chi connectivity index (χ0v) is 10.3. The first-order valence-electron chi connectivity index (χ1n) is 5.29. The molecule has 0 radical (unpaired) electrons. The summed E-state index contributed by atoms with van der Waals surface area (Å²) in [5.41, 5.74) is -0.544. The van der Waals surface area contributed by atoms with Gasteiger partial charge in [-0.25, -0.2) is 4.79 Å². The maximum atomic E-state index is 11.6. The highest BCUT2D eigenvalue weighted by Crippen LogP contribution is 2.15. The Morgan fingerprint density at radius 2 is 2.41 bits per heavy atom. The fourth-order valence-electron chi connectivity index (χ4n) is 1.17. The summed E-state index contributed by atoms with van der Waals surface area (Å²) in [5, 5.41) is 9.96. The third kappa shape index (κ3) is 4.67. The van der Waals surface area contributed by atoms with Crippen LogP contribution in [0.15, 0.2) is 23.5 Å². The molecule has 1 N–H and O–H groups in total. The number of hydrogen-bond acceptors (Lipinski definition) is 5. The molecule has 0 aliphatic heterocycles. The van der Waals surface area contributed by atoms with Crippen LogP contribution in [0.5, 0.6) is 0 Å². The molecule has 0 fully saturated rings. The Morgan fingerprint density at radius 1 is 1.71 bits per heavy atom. The first-order valence-corrected chi connectivity index (χ1v) is 5.29. The van der Waals surface area contributed by atoms with Gasteiger partial charge in [-0.15, -0.1) is 16.8 Å². The molecule has 0 saturated heterocycles. The molecule has 0 aromatic carbocycles. The molecule has 6 heteroatoms. The molecular formula is C11H17N3O3. The van der Waals surface area contributed by atoms with Gasteiger partial charge in [-0.3, -0.25) is 0 Å². The quantitative estimate of drug-likeness (QED) is 0.815. The van der Waals surface area contributed by atoms with E-state index in [1.165, 1.54) is 6.39 Å². The van der Waals surface area contributed by atoms with Gasteiger partial charge in [0.15, 0.2) is 0 Å². The Morgan fingerprint density at radius 3 is 2.88 bits per heavy atom. The minimum absolute atomic E-state index is 0.329. The Balaban J connectivity index is 2.62. The van der Waals surface area contributed by atoms with Crippen molar-refractivity contribution in [2.45, 2.75) is 38.8 Å². The summed E-state index contributed by atoms with van der Waals surface area (Å²) in [4.78, 5) is 11.6. The second-order valence-electron chi connectivity index (χ2n) is 4.50. The van der Waals surface area contributed by atoms with E-state index in [0.29, 0.717) is 12.3 Å².